The molecule has 1 aromatic carbocycles. The largest absolute Gasteiger partial charge is 0.479 e. The average Bonchev–Trinajstić information content (AvgIpc) is 2.51. The van der Waals surface area contributed by atoms with Crippen LogP contribution in [0.2, 0.25) is 5.02 Å². The van der Waals surface area contributed by atoms with Crippen LogP contribution < -0.4 is 10.6 Å². The van der Waals surface area contributed by atoms with E-state index in [0.717, 1.165) is 12.5 Å². The zero-order chi connectivity index (χ0) is 17.4. The summed E-state index contributed by atoms with van der Waals surface area (Å²) in [5.74, 6) is -3.01. The van der Waals surface area contributed by atoms with E-state index in [1.807, 2.05) is 6.92 Å². The molecule has 0 heterocycles. The number of carbonyl (C=O) groups is 3. The summed E-state index contributed by atoms with van der Waals surface area (Å²) in [4.78, 5) is 34.5. The predicted octanol–water partition coefficient (Wildman–Crippen LogP) is 2.03. The molecule has 0 saturated heterocycles. The Morgan fingerprint density at radius 2 is 1.91 bits per heavy atom. The van der Waals surface area contributed by atoms with Gasteiger partial charge in [0.2, 0.25) is 11.8 Å². The van der Waals surface area contributed by atoms with Crippen molar-refractivity contribution in [2.75, 3.05) is 6.54 Å². The fourth-order valence-corrected chi connectivity index (χ4v) is 1.91. The highest BCUT2D eigenvalue weighted by molar-refractivity contribution is 6.30. The molecule has 0 bridgehead atoms. The quantitative estimate of drug-likeness (QED) is 0.672. The summed E-state index contributed by atoms with van der Waals surface area (Å²) in [6, 6.07) is 2.08. The van der Waals surface area contributed by atoms with Gasteiger partial charge in [-0.2, -0.15) is 0 Å². The summed E-state index contributed by atoms with van der Waals surface area (Å²) in [6.45, 7) is 2.41. The Labute approximate surface area is 138 Å². The lowest BCUT2D eigenvalue weighted by molar-refractivity contribution is -0.142. The standard InChI is InChI=1S/C15H18ClFN2O4/c1-2-7-18-12(20)5-6-13(21)19-14(15(22)23)9-3-4-10(16)11(17)8-9/h3-4,8,14H,2,5-7H2,1H3,(H,18,20)(H,19,21)(H,22,23). The average molecular weight is 345 g/mol. The summed E-state index contributed by atoms with van der Waals surface area (Å²) in [5.41, 5.74) is 0.0585. The SMILES string of the molecule is CCCNC(=O)CCC(=O)NC(C(=O)O)c1ccc(Cl)c(F)c1. The summed E-state index contributed by atoms with van der Waals surface area (Å²) in [6.07, 6.45) is 0.573. The lowest BCUT2D eigenvalue weighted by atomic mass is 10.1. The number of hydrogen-bond acceptors (Lipinski definition) is 3. The zero-order valence-corrected chi connectivity index (χ0v) is 13.3. The molecule has 0 aromatic heterocycles. The smallest absolute Gasteiger partial charge is 0.330 e. The summed E-state index contributed by atoms with van der Waals surface area (Å²) >= 11 is 5.54. The van der Waals surface area contributed by atoms with Gasteiger partial charge in [-0.25, -0.2) is 9.18 Å². The van der Waals surface area contributed by atoms with Crippen LogP contribution in [-0.2, 0) is 14.4 Å². The molecule has 23 heavy (non-hydrogen) atoms. The maximum absolute atomic E-state index is 13.4. The Morgan fingerprint density at radius 1 is 1.26 bits per heavy atom. The van der Waals surface area contributed by atoms with E-state index < -0.39 is 23.7 Å². The molecule has 126 valence electrons. The van der Waals surface area contributed by atoms with Crippen molar-refractivity contribution in [2.24, 2.45) is 0 Å². The maximum Gasteiger partial charge on any atom is 0.330 e. The topological polar surface area (TPSA) is 95.5 Å². The highest BCUT2D eigenvalue weighted by Gasteiger charge is 2.23. The molecule has 1 rings (SSSR count). The van der Waals surface area contributed by atoms with Crippen molar-refractivity contribution >= 4 is 29.4 Å². The summed E-state index contributed by atoms with van der Waals surface area (Å²) in [5, 5.41) is 13.9. The van der Waals surface area contributed by atoms with Gasteiger partial charge in [0.1, 0.15) is 5.82 Å². The van der Waals surface area contributed by atoms with Crippen molar-refractivity contribution in [2.45, 2.75) is 32.2 Å². The molecule has 1 aromatic rings. The number of rotatable bonds is 8. The highest BCUT2D eigenvalue weighted by atomic mass is 35.5. The number of carboxylic acids is 1. The van der Waals surface area contributed by atoms with Crippen molar-refractivity contribution in [1.29, 1.82) is 0 Å². The molecule has 8 heteroatoms. The number of benzene rings is 1. The van der Waals surface area contributed by atoms with Crippen LogP contribution in [0, 0.1) is 5.82 Å². The van der Waals surface area contributed by atoms with Gasteiger partial charge in [0.25, 0.3) is 0 Å². The number of amides is 2. The second-order valence-corrected chi connectivity index (χ2v) is 5.27. The van der Waals surface area contributed by atoms with Crippen LogP contribution >= 0.6 is 11.6 Å². The third kappa shape index (κ3) is 6.23. The Morgan fingerprint density at radius 3 is 2.48 bits per heavy atom. The molecule has 1 unspecified atom stereocenters. The van der Waals surface area contributed by atoms with Gasteiger partial charge >= 0.3 is 5.97 Å². The van der Waals surface area contributed by atoms with Crippen molar-refractivity contribution in [3.05, 3.63) is 34.6 Å². The van der Waals surface area contributed by atoms with Gasteiger partial charge in [0.15, 0.2) is 6.04 Å². The van der Waals surface area contributed by atoms with Crippen molar-refractivity contribution < 1.29 is 23.9 Å². The molecule has 6 nitrogen and oxygen atoms in total. The predicted molar refractivity (Wildman–Crippen MR) is 82.5 cm³/mol. The Balaban J connectivity index is 2.65. The minimum Gasteiger partial charge on any atom is -0.479 e. The van der Waals surface area contributed by atoms with Crippen LogP contribution in [0.5, 0.6) is 0 Å². The summed E-state index contributed by atoms with van der Waals surface area (Å²) < 4.78 is 13.4. The second kappa shape index (κ2) is 9.09. The van der Waals surface area contributed by atoms with E-state index in [9.17, 15) is 23.9 Å². The number of carboxylic acid groups (broad SMARTS) is 1. The van der Waals surface area contributed by atoms with E-state index in [1.165, 1.54) is 12.1 Å². The van der Waals surface area contributed by atoms with E-state index in [-0.39, 0.29) is 29.3 Å². The molecule has 0 radical (unpaired) electrons. The molecule has 0 fully saturated rings. The van der Waals surface area contributed by atoms with Gasteiger partial charge in [-0.3, -0.25) is 9.59 Å². The fraction of sp³-hybridized carbons (Fsp3) is 0.400. The molecule has 1 atom stereocenters. The highest BCUT2D eigenvalue weighted by Crippen LogP contribution is 2.20. The molecule has 0 spiro atoms. The van der Waals surface area contributed by atoms with E-state index >= 15 is 0 Å². The van der Waals surface area contributed by atoms with Gasteiger partial charge in [0, 0.05) is 19.4 Å². The number of halogens is 2. The monoisotopic (exact) mass is 344 g/mol. The van der Waals surface area contributed by atoms with E-state index in [2.05, 4.69) is 10.6 Å². The van der Waals surface area contributed by atoms with Crippen LogP contribution in [0.25, 0.3) is 0 Å². The minimum absolute atomic E-state index is 0.0485. The van der Waals surface area contributed by atoms with Crippen LogP contribution in [0.4, 0.5) is 4.39 Å². The second-order valence-electron chi connectivity index (χ2n) is 4.86. The molecule has 0 aliphatic carbocycles. The number of hydrogen-bond donors (Lipinski definition) is 3. The molecular formula is C15H18ClFN2O4. The van der Waals surface area contributed by atoms with E-state index in [4.69, 9.17) is 11.6 Å². The van der Waals surface area contributed by atoms with Crippen LogP contribution in [-0.4, -0.2) is 29.4 Å². The third-order valence-electron chi connectivity index (χ3n) is 2.98. The van der Waals surface area contributed by atoms with Crippen LogP contribution in [0.3, 0.4) is 0 Å². The third-order valence-corrected chi connectivity index (χ3v) is 3.29. The Hall–Kier alpha value is -2.15. The maximum atomic E-state index is 13.4. The van der Waals surface area contributed by atoms with Crippen molar-refractivity contribution in [1.82, 2.24) is 10.6 Å². The molecule has 0 saturated carbocycles. The first-order valence-corrected chi connectivity index (χ1v) is 7.46. The normalized spacial score (nSPS) is 11.6. The van der Waals surface area contributed by atoms with Gasteiger partial charge in [-0.1, -0.05) is 24.6 Å². The molecular weight excluding hydrogens is 327 g/mol. The first kappa shape index (κ1) is 18.9. The molecule has 3 N–H and O–H groups in total. The zero-order valence-electron chi connectivity index (χ0n) is 12.6. The molecule has 2 amide bonds. The lowest BCUT2D eigenvalue weighted by Gasteiger charge is -2.15. The van der Waals surface area contributed by atoms with Gasteiger partial charge < -0.3 is 15.7 Å². The van der Waals surface area contributed by atoms with Gasteiger partial charge in [-0.15, -0.1) is 0 Å². The van der Waals surface area contributed by atoms with Crippen LogP contribution in [0.15, 0.2) is 18.2 Å². The summed E-state index contributed by atoms with van der Waals surface area (Å²) in [7, 11) is 0. The van der Waals surface area contributed by atoms with Crippen molar-refractivity contribution in [3.8, 4) is 0 Å². The number of nitrogens with one attached hydrogen (secondary N) is 2. The van der Waals surface area contributed by atoms with Crippen LogP contribution in [0.1, 0.15) is 37.8 Å². The Kier molecular flexibility index (Phi) is 7.47. The minimum atomic E-state index is -1.41. The van der Waals surface area contributed by atoms with E-state index in [0.29, 0.717) is 6.54 Å². The number of carbonyl (C=O) groups excluding carboxylic acids is 2. The first-order chi connectivity index (χ1) is 10.8. The number of aliphatic carboxylic acids is 1. The molecule has 0 aliphatic heterocycles. The van der Waals surface area contributed by atoms with Gasteiger partial charge in [-0.05, 0) is 24.1 Å². The Bertz CT molecular complexity index is 595. The molecule has 0 aliphatic rings. The van der Waals surface area contributed by atoms with E-state index in [1.54, 1.807) is 0 Å². The van der Waals surface area contributed by atoms with Gasteiger partial charge in [0.05, 0.1) is 5.02 Å². The van der Waals surface area contributed by atoms with Crippen molar-refractivity contribution in [3.63, 3.8) is 0 Å². The lowest BCUT2D eigenvalue weighted by Crippen LogP contribution is -2.34. The fourth-order valence-electron chi connectivity index (χ4n) is 1.79. The first-order valence-electron chi connectivity index (χ1n) is 7.09.